The zero-order valence-corrected chi connectivity index (χ0v) is 40.2. The standard InChI is InChI=1S/C51H78N2O12/c1-9-38-24-31(2)23-32(3)25-44(60-7)47-45(61-8)27-34(5)51(59,65-47)48(56)49(57)53-20-14-13-17-40(53)50(58)64-46(35(6)41(54)29-42(38)55)33(4)26-37-18-19-39(52)43(28-37)63-22-21-62-30-36-15-11-10-12-16-36/h10-12,15-16,24,26,32,34-35,37-41,43-47,54,59H,9,13-14,17-23,25,27-30,52H2,1-8H3/b31-24+,33-26?. The van der Waals surface area contributed by atoms with E-state index in [9.17, 15) is 29.4 Å². The molecule has 4 N–H and O–H groups in total. The van der Waals surface area contributed by atoms with E-state index in [1.54, 1.807) is 13.8 Å². The Balaban J connectivity index is 1.43. The van der Waals surface area contributed by atoms with Crippen LogP contribution in [0, 0.1) is 29.6 Å². The number of ketones is 2. The van der Waals surface area contributed by atoms with Crippen molar-refractivity contribution in [3.8, 4) is 0 Å². The molecular formula is C51H78N2O12. The number of ether oxygens (including phenoxy) is 6. The number of piperidine rings is 1. The molecule has 1 amide bonds. The monoisotopic (exact) mass is 911 g/mol. The summed E-state index contributed by atoms with van der Waals surface area (Å²) < 4.78 is 36.5. The summed E-state index contributed by atoms with van der Waals surface area (Å²) in [6.07, 6.45) is 4.80. The van der Waals surface area contributed by atoms with Crippen LogP contribution >= 0.6 is 0 Å². The predicted octanol–water partition coefficient (Wildman–Crippen LogP) is 6.03. The van der Waals surface area contributed by atoms with E-state index in [1.165, 1.54) is 19.1 Å². The fourth-order valence-corrected chi connectivity index (χ4v) is 10.4. The summed E-state index contributed by atoms with van der Waals surface area (Å²) in [5.74, 6) is -7.50. The Bertz CT molecular complexity index is 1790. The Kier molecular flexibility index (Phi) is 19.9. The average Bonchev–Trinajstić information content (AvgIpc) is 3.29. The minimum Gasteiger partial charge on any atom is -0.456 e. The van der Waals surface area contributed by atoms with Crippen molar-refractivity contribution in [2.45, 2.75) is 173 Å². The van der Waals surface area contributed by atoms with Gasteiger partial charge in [0, 0.05) is 51.0 Å². The highest BCUT2D eigenvalue weighted by Crippen LogP contribution is 2.39. The molecule has 1 saturated carbocycles. The van der Waals surface area contributed by atoms with Crippen LogP contribution in [-0.2, 0) is 54.2 Å². The molecule has 2 saturated heterocycles. The first-order valence-electron chi connectivity index (χ1n) is 24.1. The molecule has 0 radical (unpaired) electrons. The third-order valence-electron chi connectivity index (χ3n) is 14.3. The van der Waals surface area contributed by atoms with Gasteiger partial charge in [0.2, 0.25) is 5.79 Å². The van der Waals surface area contributed by atoms with Crippen molar-refractivity contribution in [2.75, 3.05) is 34.0 Å². The number of cyclic esters (lactones) is 1. The van der Waals surface area contributed by atoms with Crippen LogP contribution in [0.3, 0.4) is 0 Å². The molecule has 0 aromatic heterocycles. The number of nitrogens with zero attached hydrogens (tertiary/aromatic N) is 1. The Hall–Kier alpha value is -3.34. The molecule has 14 nitrogen and oxygen atoms in total. The molecular weight excluding hydrogens is 833 g/mol. The molecule has 3 aliphatic heterocycles. The van der Waals surface area contributed by atoms with E-state index < -0.39 is 77.8 Å². The number of hydrogen-bond donors (Lipinski definition) is 3. The summed E-state index contributed by atoms with van der Waals surface area (Å²) in [6, 6.07) is 8.63. The van der Waals surface area contributed by atoms with Gasteiger partial charge in [-0.3, -0.25) is 14.4 Å². The van der Waals surface area contributed by atoms with E-state index in [0.717, 1.165) is 17.6 Å². The number of aliphatic hydroxyl groups is 2. The molecule has 1 aromatic carbocycles. The minimum absolute atomic E-state index is 0.0164. The van der Waals surface area contributed by atoms with Crippen LogP contribution in [0.2, 0.25) is 0 Å². The van der Waals surface area contributed by atoms with Gasteiger partial charge in [-0.2, -0.15) is 0 Å². The van der Waals surface area contributed by atoms with Gasteiger partial charge in [0.15, 0.2) is 0 Å². The number of allylic oxidation sites excluding steroid dienone is 3. The topological polar surface area (TPSA) is 193 Å². The molecule has 14 atom stereocenters. The molecule has 2 bridgehead atoms. The SMILES string of the molecule is CCC1/C=C(\C)CC(C)CC(OC)C2OC(O)(C(=O)C(=O)N3CCCCC3C(=O)OC(C(C)=CC3CCC(N)C(OCCOCc4ccccc4)C3)C(C)C(O)CC1=O)C(C)CC2OC. The number of hydrogen-bond acceptors (Lipinski definition) is 13. The Labute approximate surface area is 386 Å². The maximum absolute atomic E-state index is 14.5. The van der Waals surface area contributed by atoms with Gasteiger partial charge in [-0.25, -0.2) is 4.79 Å². The van der Waals surface area contributed by atoms with Gasteiger partial charge in [0.05, 0.1) is 44.2 Å². The lowest BCUT2D eigenvalue weighted by Crippen LogP contribution is -2.64. The van der Waals surface area contributed by atoms with E-state index in [2.05, 4.69) is 13.0 Å². The molecule has 1 aliphatic carbocycles. The van der Waals surface area contributed by atoms with Crippen molar-refractivity contribution < 1.29 is 57.8 Å². The molecule has 1 aromatic rings. The molecule has 3 fully saturated rings. The number of aliphatic hydroxyl groups excluding tert-OH is 1. The molecule has 14 unspecified atom stereocenters. The first kappa shape index (κ1) is 52.6. The highest BCUT2D eigenvalue weighted by atomic mass is 16.7. The highest BCUT2D eigenvalue weighted by molar-refractivity contribution is 6.39. The number of fused-ring (bicyclic) bond motifs is 3. The lowest BCUT2D eigenvalue weighted by Gasteiger charge is -2.47. The number of carbonyl (C=O) groups is 4. The van der Waals surface area contributed by atoms with Crippen molar-refractivity contribution in [2.24, 2.45) is 35.3 Å². The minimum atomic E-state index is -2.51. The average molecular weight is 911 g/mol. The Morgan fingerprint density at radius 2 is 1.65 bits per heavy atom. The summed E-state index contributed by atoms with van der Waals surface area (Å²) in [4.78, 5) is 58.3. The van der Waals surface area contributed by atoms with Crippen LogP contribution in [-0.4, -0.2) is 127 Å². The van der Waals surface area contributed by atoms with Crippen LogP contribution in [0.25, 0.3) is 0 Å². The van der Waals surface area contributed by atoms with Gasteiger partial charge in [-0.15, -0.1) is 0 Å². The van der Waals surface area contributed by atoms with E-state index in [0.29, 0.717) is 70.3 Å². The largest absolute Gasteiger partial charge is 0.456 e. The zero-order chi connectivity index (χ0) is 47.4. The van der Waals surface area contributed by atoms with Crippen molar-refractivity contribution >= 4 is 23.4 Å². The van der Waals surface area contributed by atoms with E-state index in [4.69, 9.17) is 34.2 Å². The van der Waals surface area contributed by atoms with E-state index >= 15 is 0 Å². The van der Waals surface area contributed by atoms with Crippen LogP contribution in [0.1, 0.15) is 118 Å². The van der Waals surface area contributed by atoms with Gasteiger partial charge in [-0.05, 0) is 101 Å². The zero-order valence-electron chi connectivity index (χ0n) is 40.2. The smallest absolute Gasteiger partial charge is 0.329 e. The molecule has 3 heterocycles. The first-order valence-corrected chi connectivity index (χ1v) is 24.1. The number of amides is 1. The maximum atomic E-state index is 14.5. The van der Waals surface area contributed by atoms with Crippen LogP contribution in [0.15, 0.2) is 53.6 Å². The number of rotatable bonds is 11. The number of carbonyl (C=O) groups excluding carboxylic acids is 4. The lowest BCUT2D eigenvalue weighted by atomic mass is 9.81. The third-order valence-corrected chi connectivity index (χ3v) is 14.3. The number of benzene rings is 1. The lowest BCUT2D eigenvalue weighted by molar-refractivity contribution is -0.302. The number of methoxy groups -OCH3 is 2. The second kappa shape index (κ2) is 24.6. The van der Waals surface area contributed by atoms with Gasteiger partial charge in [-0.1, -0.05) is 75.8 Å². The molecule has 65 heavy (non-hydrogen) atoms. The van der Waals surface area contributed by atoms with Crippen LogP contribution < -0.4 is 5.73 Å². The fraction of sp³-hybridized carbons (Fsp3) is 0.725. The van der Waals surface area contributed by atoms with E-state index in [1.807, 2.05) is 57.2 Å². The normalized spacial score (nSPS) is 37.4. The Morgan fingerprint density at radius 1 is 0.938 bits per heavy atom. The quantitative estimate of drug-likeness (QED) is 0.101. The fourth-order valence-electron chi connectivity index (χ4n) is 10.4. The van der Waals surface area contributed by atoms with Crippen molar-refractivity contribution in [3.05, 3.63) is 59.2 Å². The van der Waals surface area contributed by atoms with Gasteiger partial charge in [0.1, 0.15) is 24.0 Å². The number of nitrogens with two attached hydrogens (primary N) is 1. The van der Waals surface area contributed by atoms with E-state index in [-0.39, 0.29) is 55.6 Å². The highest BCUT2D eigenvalue weighted by Gasteiger charge is 2.56. The van der Waals surface area contributed by atoms with Crippen molar-refractivity contribution in [1.82, 2.24) is 4.90 Å². The number of Topliss-reactive ketones (excluding diaryl/α,β-unsaturated/α-hetero) is 2. The first-order chi connectivity index (χ1) is 31.0. The van der Waals surface area contributed by atoms with Gasteiger partial charge >= 0.3 is 5.97 Å². The molecule has 0 spiro atoms. The van der Waals surface area contributed by atoms with Gasteiger partial charge in [0.25, 0.3) is 11.7 Å². The molecule has 14 heteroatoms. The number of esters is 1. The Morgan fingerprint density at radius 3 is 2.34 bits per heavy atom. The summed E-state index contributed by atoms with van der Waals surface area (Å²) in [5.41, 5.74) is 9.32. The molecule has 364 valence electrons. The van der Waals surface area contributed by atoms with Gasteiger partial charge < -0.3 is 49.3 Å². The summed E-state index contributed by atoms with van der Waals surface area (Å²) in [5, 5.41) is 23.9. The molecule has 4 aliphatic rings. The third kappa shape index (κ3) is 13.6. The maximum Gasteiger partial charge on any atom is 0.329 e. The summed E-state index contributed by atoms with van der Waals surface area (Å²) >= 11 is 0. The second-order valence-electron chi connectivity index (χ2n) is 19.4. The van der Waals surface area contributed by atoms with Crippen molar-refractivity contribution in [1.29, 1.82) is 0 Å². The summed E-state index contributed by atoms with van der Waals surface area (Å²) in [6.45, 7) is 12.6. The second-order valence-corrected chi connectivity index (χ2v) is 19.4. The molecule has 5 rings (SSSR count). The predicted molar refractivity (Wildman–Crippen MR) is 245 cm³/mol. The van der Waals surface area contributed by atoms with Crippen molar-refractivity contribution in [3.63, 3.8) is 0 Å². The summed E-state index contributed by atoms with van der Waals surface area (Å²) in [7, 11) is 3.08. The van der Waals surface area contributed by atoms with Crippen LogP contribution in [0.5, 0.6) is 0 Å². The van der Waals surface area contributed by atoms with Crippen LogP contribution in [0.4, 0.5) is 0 Å².